The Kier molecular flexibility index (Phi) is 6.72. The summed E-state index contributed by atoms with van der Waals surface area (Å²) in [7, 11) is 0. The number of nitrogens with zero attached hydrogens (tertiary/aromatic N) is 2. The third-order valence-corrected chi connectivity index (χ3v) is 7.29. The van der Waals surface area contributed by atoms with Crippen LogP contribution in [0.1, 0.15) is 54.7 Å². The lowest BCUT2D eigenvalue weighted by Crippen LogP contribution is -2.48. The summed E-state index contributed by atoms with van der Waals surface area (Å²) in [6.45, 7) is 5.23. The summed E-state index contributed by atoms with van der Waals surface area (Å²) in [4.78, 5) is 30.7. The average molecular weight is 426 g/mol. The van der Waals surface area contributed by atoms with Crippen LogP contribution < -0.4 is 5.32 Å². The average Bonchev–Trinajstić information content (AvgIpc) is 3.52. The molecule has 2 aliphatic rings. The lowest BCUT2D eigenvalue weighted by Gasteiger charge is -2.34. The van der Waals surface area contributed by atoms with Gasteiger partial charge < -0.3 is 15.1 Å². The minimum Gasteiger partial charge on any atom is -0.344 e. The molecule has 0 saturated carbocycles. The van der Waals surface area contributed by atoms with Gasteiger partial charge in [0.05, 0.1) is 6.04 Å². The maximum Gasteiger partial charge on any atom is 0.319 e. The Morgan fingerprint density at radius 2 is 1.70 bits per heavy atom. The van der Waals surface area contributed by atoms with E-state index in [1.54, 1.807) is 11.3 Å². The fourth-order valence-electron chi connectivity index (χ4n) is 4.42. The Bertz CT molecular complexity index is 836. The van der Waals surface area contributed by atoms with Crippen LogP contribution in [0.4, 0.5) is 4.79 Å². The number of carbonyl (C=O) groups excluding carboxylic acids is 2. The number of thiophene rings is 1. The van der Waals surface area contributed by atoms with Gasteiger partial charge in [-0.1, -0.05) is 37.3 Å². The largest absolute Gasteiger partial charge is 0.344 e. The number of piperidine rings is 1. The number of nitrogens with one attached hydrogen (secondary N) is 1. The van der Waals surface area contributed by atoms with Gasteiger partial charge in [-0.15, -0.1) is 11.3 Å². The molecule has 2 saturated heterocycles. The quantitative estimate of drug-likeness (QED) is 0.770. The zero-order valence-corrected chi connectivity index (χ0v) is 18.5. The molecule has 4 rings (SSSR count). The summed E-state index contributed by atoms with van der Waals surface area (Å²) in [6, 6.07) is 12.7. The van der Waals surface area contributed by atoms with Gasteiger partial charge >= 0.3 is 6.03 Å². The summed E-state index contributed by atoms with van der Waals surface area (Å²) in [5, 5.41) is 5.35. The first-order valence-corrected chi connectivity index (χ1v) is 12.0. The highest BCUT2D eigenvalue weighted by molar-refractivity contribution is 7.10. The molecule has 0 radical (unpaired) electrons. The zero-order valence-electron chi connectivity index (χ0n) is 17.7. The van der Waals surface area contributed by atoms with E-state index >= 15 is 0 Å². The summed E-state index contributed by atoms with van der Waals surface area (Å²) in [5.74, 6) is 0.0613. The number of hydrogen-bond donors (Lipinski definition) is 1. The zero-order chi connectivity index (χ0) is 20.9. The van der Waals surface area contributed by atoms with Gasteiger partial charge in [-0.3, -0.25) is 4.79 Å². The second-order valence-electron chi connectivity index (χ2n) is 8.29. The number of benzene rings is 1. The number of rotatable bonds is 5. The van der Waals surface area contributed by atoms with Crippen LogP contribution in [-0.4, -0.2) is 47.9 Å². The van der Waals surface area contributed by atoms with Crippen LogP contribution in [-0.2, 0) is 11.2 Å². The van der Waals surface area contributed by atoms with Crippen LogP contribution in [0.25, 0.3) is 0 Å². The summed E-state index contributed by atoms with van der Waals surface area (Å²) in [6.07, 6.45) is 4.68. The second kappa shape index (κ2) is 9.65. The number of urea groups is 1. The van der Waals surface area contributed by atoms with E-state index in [1.807, 2.05) is 15.9 Å². The van der Waals surface area contributed by atoms with Gasteiger partial charge in [-0.2, -0.15) is 0 Å². The second-order valence-corrected chi connectivity index (χ2v) is 9.27. The van der Waals surface area contributed by atoms with Crippen molar-refractivity contribution in [3.8, 4) is 0 Å². The Balaban J connectivity index is 1.39. The first-order chi connectivity index (χ1) is 14.7. The lowest BCUT2D eigenvalue weighted by molar-refractivity contribution is -0.126. The lowest BCUT2D eigenvalue weighted by atomic mass is 9.94. The van der Waals surface area contributed by atoms with Crippen molar-refractivity contribution >= 4 is 23.3 Å². The van der Waals surface area contributed by atoms with Crippen LogP contribution in [0.2, 0.25) is 0 Å². The minimum atomic E-state index is -0.118. The number of hydrogen-bond acceptors (Lipinski definition) is 3. The standard InChI is InChI=1S/C24H31N3O2S/c1-2-18-7-9-19(10-8-18)22(21-6-5-17-30-21)25-23(28)20-11-15-27(16-12-20)24(29)26-13-3-4-14-26/h5-10,17,20,22H,2-4,11-16H2,1H3,(H,25,28). The van der Waals surface area contributed by atoms with Gasteiger partial charge in [0.1, 0.15) is 0 Å². The van der Waals surface area contributed by atoms with Crippen molar-refractivity contribution in [3.63, 3.8) is 0 Å². The molecule has 30 heavy (non-hydrogen) atoms. The smallest absolute Gasteiger partial charge is 0.319 e. The third-order valence-electron chi connectivity index (χ3n) is 6.35. The first kappa shape index (κ1) is 20.9. The van der Waals surface area contributed by atoms with Gasteiger partial charge in [-0.05, 0) is 54.7 Å². The highest BCUT2D eigenvalue weighted by atomic mass is 32.1. The van der Waals surface area contributed by atoms with Crippen molar-refractivity contribution in [2.24, 2.45) is 5.92 Å². The van der Waals surface area contributed by atoms with Crippen LogP contribution in [0.15, 0.2) is 41.8 Å². The molecule has 2 aromatic rings. The van der Waals surface area contributed by atoms with Crippen molar-refractivity contribution in [1.29, 1.82) is 0 Å². The van der Waals surface area contributed by atoms with E-state index in [0.717, 1.165) is 55.6 Å². The highest BCUT2D eigenvalue weighted by Crippen LogP contribution is 2.28. The van der Waals surface area contributed by atoms with Crippen molar-refractivity contribution in [2.45, 2.75) is 45.1 Å². The van der Waals surface area contributed by atoms with Crippen LogP contribution >= 0.6 is 11.3 Å². The monoisotopic (exact) mass is 425 g/mol. The Labute approximate surface area is 183 Å². The molecule has 3 heterocycles. The molecule has 1 N–H and O–H groups in total. The molecule has 0 bridgehead atoms. The SMILES string of the molecule is CCc1ccc(C(NC(=O)C2CCN(C(=O)N3CCCC3)CC2)c2cccs2)cc1. The molecule has 5 nitrogen and oxygen atoms in total. The summed E-state index contributed by atoms with van der Waals surface area (Å²) in [5.41, 5.74) is 2.41. The minimum absolute atomic E-state index is 0.0370. The van der Waals surface area contributed by atoms with E-state index < -0.39 is 0 Å². The van der Waals surface area contributed by atoms with E-state index in [2.05, 4.69) is 48.0 Å². The van der Waals surface area contributed by atoms with Gasteiger partial charge in [0.25, 0.3) is 0 Å². The third kappa shape index (κ3) is 4.69. The maximum absolute atomic E-state index is 13.1. The molecular formula is C24H31N3O2S. The summed E-state index contributed by atoms with van der Waals surface area (Å²) < 4.78 is 0. The van der Waals surface area contributed by atoms with Crippen molar-refractivity contribution in [2.75, 3.05) is 26.2 Å². The molecule has 1 atom stereocenters. The fraction of sp³-hybridized carbons (Fsp3) is 0.500. The molecule has 3 amide bonds. The number of amides is 3. The van der Waals surface area contributed by atoms with Gasteiger partial charge in [-0.25, -0.2) is 4.79 Å². The van der Waals surface area contributed by atoms with Crippen molar-refractivity contribution in [3.05, 3.63) is 57.8 Å². The Morgan fingerprint density at radius 3 is 2.30 bits per heavy atom. The predicted molar refractivity (Wildman–Crippen MR) is 121 cm³/mol. The Hall–Kier alpha value is -2.34. The first-order valence-electron chi connectivity index (χ1n) is 11.1. The number of carbonyl (C=O) groups is 2. The maximum atomic E-state index is 13.1. The normalized spacial score (nSPS) is 18.4. The van der Waals surface area contributed by atoms with E-state index in [-0.39, 0.29) is 23.9 Å². The molecule has 1 aromatic carbocycles. The van der Waals surface area contributed by atoms with Crippen molar-refractivity contribution in [1.82, 2.24) is 15.1 Å². The van der Waals surface area contributed by atoms with Gasteiger partial charge in [0.2, 0.25) is 5.91 Å². The van der Waals surface area contributed by atoms with E-state index in [4.69, 9.17) is 0 Å². The van der Waals surface area contributed by atoms with E-state index in [9.17, 15) is 9.59 Å². The fourth-order valence-corrected chi connectivity index (χ4v) is 5.22. The molecular weight excluding hydrogens is 394 g/mol. The number of likely N-dealkylation sites (tertiary alicyclic amines) is 2. The molecule has 0 aliphatic carbocycles. The highest BCUT2D eigenvalue weighted by Gasteiger charge is 2.31. The van der Waals surface area contributed by atoms with Crippen LogP contribution in [0.5, 0.6) is 0 Å². The van der Waals surface area contributed by atoms with Crippen LogP contribution in [0.3, 0.4) is 0 Å². The molecule has 1 aromatic heterocycles. The predicted octanol–water partition coefficient (Wildman–Crippen LogP) is 4.44. The molecule has 0 spiro atoms. The van der Waals surface area contributed by atoms with E-state index in [1.165, 1.54) is 5.56 Å². The molecule has 6 heteroatoms. The molecule has 160 valence electrons. The molecule has 2 aliphatic heterocycles. The topological polar surface area (TPSA) is 52.7 Å². The summed E-state index contributed by atoms with van der Waals surface area (Å²) >= 11 is 1.67. The molecule has 2 fully saturated rings. The molecule has 1 unspecified atom stereocenters. The van der Waals surface area contributed by atoms with Gasteiger partial charge in [0.15, 0.2) is 0 Å². The Morgan fingerprint density at radius 1 is 1.03 bits per heavy atom. The number of aryl methyl sites for hydroxylation is 1. The van der Waals surface area contributed by atoms with Crippen LogP contribution in [0, 0.1) is 5.92 Å². The van der Waals surface area contributed by atoms with Gasteiger partial charge in [0, 0.05) is 37.0 Å². The van der Waals surface area contributed by atoms with E-state index in [0.29, 0.717) is 13.1 Å². The van der Waals surface area contributed by atoms with Crippen molar-refractivity contribution < 1.29 is 9.59 Å².